The van der Waals surface area contributed by atoms with E-state index in [2.05, 4.69) is 5.32 Å². The summed E-state index contributed by atoms with van der Waals surface area (Å²) in [6, 6.07) is 6.36. The first-order chi connectivity index (χ1) is 10.0. The fraction of sp³-hybridized carbons (Fsp3) is 0.533. The van der Waals surface area contributed by atoms with Gasteiger partial charge < -0.3 is 5.32 Å². The van der Waals surface area contributed by atoms with E-state index in [9.17, 15) is 13.2 Å². The van der Waals surface area contributed by atoms with Gasteiger partial charge in [-0.3, -0.25) is 4.79 Å². The maximum absolute atomic E-state index is 12.8. The second-order valence-corrected chi connectivity index (χ2v) is 7.16. The molecule has 1 saturated heterocycles. The minimum absolute atomic E-state index is 0.00877. The van der Waals surface area contributed by atoms with E-state index >= 15 is 0 Å². The van der Waals surface area contributed by atoms with E-state index in [1.165, 1.54) is 6.07 Å². The average Bonchev–Trinajstić information content (AvgIpc) is 2.96. The lowest BCUT2D eigenvalue weighted by atomic mass is 10.1. The molecular weight excluding hydrogens is 288 g/mol. The van der Waals surface area contributed by atoms with E-state index in [0.29, 0.717) is 25.1 Å². The monoisotopic (exact) mass is 310 g/mol. The second kappa shape index (κ2) is 6.68. The number of ketones is 1. The van der Waals surface area contributed by atoms with Crippen molar-refractivity contribution in [3.63, 3.8) is 0 Å². The summed E-state index contributed by atoms with van der Waals surface area (Å²) in [5, 5.41) is 3.04. The van der Waals surface area contributed by atoms with Gasteiger partial charge in [-0.2, -0.15) is 4.31 Å². The molecule has 0 aliphatic carbocycles. The molecule has 1 unspecified atom stereocenters. The predicted molar refractivity (Wildman–Crippen MR) is 81.9 cm³/mol. The van der Waals surface area contributed by atoms with Gasteiger partial charge in [0.25, 0.3) is 0 Å². The molecule has 0 radical (unpaired) electrons. The first kappa shape index (κ1) is 16.1. The summed E-state index contributed by atoms with van der Waals surface area (Å²) in [5.41, 5.74) is 0.461. The zero-order valence-electron chi connectivity index (χ0n) is 12.5. The van der Waals surface area contributed by atoms with E-state index < -0.39 is 10.0 Å². The molecule has 2 rings (SSSR count). The van der Waals surface area contributed by atoms with Gasteiger partial charge in [0.2, 0.25) is 10.0 Å². The molecule has 1 aliphatic rings. The third-order valence-corrected chi connectivity index (χ3v) is 5.79. The average molecular weight is 310 g/mol. The molecule has 1 atom stereocenters. The maximum Gasteiger partial charge on any atom is 0.243 e. The number of sulfonamides is 1. The van der Waals surface area contributed by atoms with Crippen molar-refractivity contribution in [2.45, 2.75) is 37.1 Å². The number of carbonyl (C=O) groups is 1. The van der Waals surface area contributed by atoms with Crippen molar-refractivity contribution < 1.29 is 13.2 Å². The molecular formula is C15H22N2O3S. The van der Waals surface area contributed by atoms with Crippen LogP contribution in [0.1, 0.15) is 36.5 Å². The van der Waals surface area contributed by atoms with Crippen molar-refractivity contribution in [3.8, 4) is 0 Å². The highest BCUT2D eigenvalue weighted by molar-refractivity contribution is 7.89. The first-order valence-electron chi connectivity index (χ1n) is 7.30. The summed E-state index contributed by atoms with van der Waals surface area (Å²) >= 11 is 0. The van der Waals surface area contributed by atoms with Gasteiger partial charge in [-0.25, -0.2) is 8.42 Å². The van der Waals surface area contributed by atoms with Gasteiger partial charge in [-0.05, 0) is 32.0 Å². The van der Waals surface area contributed by atoms with Gasteiger partial charge in [-0.15, -0.1) is 0 Å². The number of likely N-dealkylation sites (N-methyl/N-ethyl adjacent to an activating group) is 1. The smallest absolute Gasteiger partial charge is 0.243 e. The normalized spacial score (nSPS) is 19.8. The number of nitrogens with zero attached hydrogens (tertiary/aromatic N) is 1. The van der Waals surface area contributed by atoms with Crippen molar-refractivity contribution >= 4 is 15.8 Å². The molecule has 1 aromatic carbocycles. The van der Waals surface area contributed by atoms with Crippen molar-refractivity contribution in [2.24, 2.45) is 0 Å². The zero-order valence-corrected chi connectivity index (χ0v) is 13.3. The van der Waals surface area contributed by atoms with Crippen LogP contribution in [0.15, 0.2) is 29.2 Å². The lowest BCUT2D eigenvalue weighted by Crippen LogP contribution is -2.40. The molecule has 1 aromatic rings. The summed E-state index contributed by atoms with van der Waals surface area (Å²) in [6.07, 6.45) is 2.11. The molecule has 1 aliphatic heterocycles. The lowest BCUT2D eigenvalue weighted by Gasteiger charge is -2.24. The number of rotatable bonds is 6. The summed E-state index contributed by atoms with van der Waals surface area (Å²) in [5.74, 6) is -0.0414. The fourth-order valence-electron chi connectivity index (χ4n) is 2.73. The van der Waals surface area contributed by atoms with Gasteiger partial charge in [0.15, 0.2) is 5.78 Å². The Labute approximate surface area is 126 Å². The van der Waals surface area contributed by atoms with Crippen LogP contribution in [-0.2, 0) is 10.0 Å². The molecule has 0 aromatic heterocycles. The Morgan fingerprint density at radius 3 is 2.86 bits per heavy atom. The highest BCUT2D eigenvalue weighted by atomic mass is 32.2. The van der Waals surface area contributed by atoms with E-state index in [1.54, 1.807) is 29.4 Å². The Kier molecular flexibility index (Phi) is 5.13. The van der Waals surface area contributed by atoms with Crippen LogP contribution in [0, 0.1) is 0 Å². The zero-order chi connectivity index (χ0) is 15.5. The molecule has 116 valence electrons. The molecule has 1 fully saturated rings. The highest BCUT2D eigenvalue weighted by Gasteiger charge is 2.34. The van der Waals surface area contributed by atoms with Crippen LogP contribution >= 0.6 is 0 Å². The second-order valence-electron chi connectivity index (χ2n) is 5.27. The largest absolute Gasteiger partial charge is 0.318 e. The number of benzene rings is 1. The molecule has 0 amide bonds. The Balaban J connectivity index is 2.33. The van der Waals surface area contributed by atoms with E-state index in [-0.39, 0.29) is 16.7 Å². The Morgan fingerprint density at radius 1 is 1.43 bits per heavy atom. The van der Waals surface area contributed by atoms with Crippen molar-refractivity contribution in [2.75, 3.05) is 20.1 Å². The van der Waals surface area contributed by atoms with Crippen LogP contribution < -0.4 is 5.32 Å². The maximum atomic E-state index is 12.8. The van der Waals surface area contributed by atoms with Crippen LogP contribution in [0.25, 0.3) is 0 Å². The Morgan fingerprint density at radius 2 is 2.19 bits per heavy atom. The summed E-state index contributed by atoms with van der Waals surface area (Å²) in [4.78, 5) is 12.0. The van der Waals surface area contributed by atoms with Crippen LogP contribution in [0.3, 0.4) is 0 Å². The minimum atomic E-state index is -3.53. The van der Waals surface area contributed by atoms with Gasteiger partial charge in [-0.1, -0.05) is 19.1 Å². The SMILES string of the molecule is CCC(=O)c1cccc(S(=O)(=O)N2CCCC2CNC)c1. The lowest BCUT2D eigenvalue weighted by molar-refractivity contribution is 0.0988. The molecule has 5 nitrogen and oxygen atoms in total. The summed E-state index contributed by atoms with van der Waals surface area (Å²) < 4.78 is 27.1. The van der Waals surface area contributed by atoms with Gasteiger partial charge in [0, 0.05) is 31.1 Å². The number of hydrogen-bond donors (Lipinski definition) is 1. The van der Waals surface area contributed by atoms with Crippen LogP contribution in [0.5, 0.6) is 0 Å². The number of carbonyl (C=O) groups excluding carboxylic acids is 1. The van der Waals surface area contributed by atoms with Gasteiger partial charge in [0.05, 0.1) is 4.90 Å². The molecule has 0 spiro atoms. The molecule has 1 heterocycles. The van der Waals surface area contributed by atoms with Crippen LogP contribution in [0.4, 0.5) is 0 Å². The van der Waals surface area contributed by atoms with E-state index in [0.717, 1.165) is 12.8 Å². The predicted octanol–water partition coefficient (Wildman–Crippen LogP) is 1.65. The quantitative estimate of drug-likeness (QED) is 0.811. The Bertz CT molecular complexity index is 613. The standard InChI is InChI=1S/C15H22N2O3S/c1-3-15(18)12-6-4-8-14(10-12)21(19,20)17-9-5-7-13(17)11-16-2/h4,6,8,10,13,16H,3,5,7,9,11H2,1-2H3. The summed E-state index contributed by atoms with van der Waals surface area (Å²) in [6.45, 7) is 2.96. The number of hydrogen-bond acceptors (Lipinski definition) is 4. The van der Waals surface area contributed by atoms with E-state index in [4.69, 9.17) is 0 Å². The van der Waals surface area contributed by atoms with Crippen LogP contribution in [-0.4, -0.2) is 44.7 Å². The van der Waals surface area contributed by atoms with Gasteiger partial charge in [0.1, 0.15) is 0 Å². The molecule has 21 heavy (non-hydrogen) atoms. The van der Waals surface area contributed by atoms with Crippen molar-refractivity contribution in [1.29, 1.82) is 0 Å². The Hall–Kier alpha value is -1.24. The van der Waals surface area contributed by atoms with Crippen LogP contribution in [0.2, 0.25) is 0 Å². The molecule has 6 heteroatoms. The molecule has 1 N–H and O–H groups in total. The third-order valence-electron chi connectivity index (χ3n) is 3.85. The van der Waals surface area contributed by atoms with Gasteiger partial charge >= 0.3 is 0 Å². The third kappa shape index (κ3) is 3.33. The van der Waals surface area contributed by atoms with E-state index in [1.807, 2.05) is 7.05 Å². The van der Waals surface area contributed by atoms with Crippen molar-refractivity contribution in [1.82, 2.24) is 9.62 Å². The van der Waals surface area contributed by atoms with Crippen molar-refractivity contribution in [3.05, 3.63) is 29.8 Å². The fourth-order valence-corrected chi connectivity index (χ4v) is 4.47. The minimum Gasteiger partial charge on any atom is -0.318 e. The number of Topliss-reactive ketones (excluding diaryl/α,β-unsaturated/α-hetero) is 1. The molecule has 0 bridgehead atoms. The highest BCUT2D eigenvalue weighted by Crippen LogP contribution is 2.26. The topological polar surface area (TPSA) is 66.5 Å². The first-order valence-corrected chi connectivity index (χ1v) is 8.74. The number of nitrogens with one attached hydrogen (secondary N) is 1. The summed E-state index contributed by atoms with van der Waals surface area (Å²) in [7, 11) is -1.71. The molecule has 0 saturated carbocycles.